The zero-order valence-electron chi connectivity index (χ0n) is 11.1. The van der Waals surface area contributed by atoms with E-state index in [1.54, 1.807) is 0 Å². The summed E-state index contributed by atoms with van der Waals surface area (Å²) in [6.07, 6.45) is -4.17. The Bertz CT molecular complexity index is 571. The number of nitrogens with one attached hydrogen (secondary N) is 1. The van der Waals surface area contributed by atoms with E-state index in [0.717, 1.165) is 6.07 Å². The number of carboxylic acid groups (broad SMARTS) is 1. The predicted octanol–water partition coefficient (Wildman–Crippen LogP) is 2.40. The van der Waals surface area contributed by atoms with Gasteiger partial charge in [0.1, 0.15) is 6.04 Å². The summed E-state index contributed by atoms with van der Waals surface area (Å²) in [5.74, 6) is -2.82. The maximum atomic E-state index is 12.9. The van der Waals surface area contributed by atoms with E-state index in [0.29, 0.717) is 6.42 Å². The molecule has 2 rings (SSSR count). The van der Waals surface area contributed by atoms with Crippen molar-refractivity contribution >= 4 is 11.9 Å². The number of alkyl halides is 3. The van der Waals surface area contributed by atoms with E-state index in [1.165, 1.54) is 25.1 Å². The fourth-order valence-corrected chi connectivity index (χ4v) is 2.29. The number of hydrogen-bond acceptors (Lipinski definition) is 2. The van der Waals surface area contributed by atoms with E-state index >= 15 is 0 Å². The van der Waals surface area contributed by atoms with Crippen LogP contribution in [0.5, 0.6) is 0 Å². The van der Waals surface area contributed by atoms with Crippen LogP contribution in [0, 0.1) is 5.92 Å². The Hall–Kier alpha value is -2.05. The molecule has 0 aliphatic heterocycles. The van der Waals surface area contributed by atoms with Gasteiger partial charge < -0.3 is 10.4 Å². The van der Waals surface area contributed by atoms with Gasteiger partial charge in [0.15, 0.2) is 0 Å². The highest BCUT2D eigenvalue weighted by molar-refractivity contribution is 5.87. The molecule has 2 unspecified atom stereocenters. The Morgan fingerprint density at radius 1 is 1.33 bits per heavy atom. The lowest BCUT2D eigenvalue weighted by molar-refractivity contribution is -0.141. The molecule has 0 spiro atoms. The van der Waals surface area contributed by atoms with Gasteiger partial charge in [-0.2, -0.15) is 13.2 Å². The molecule has 21 heavy (non-hydrogen) atoms. The van der Waals surface area contributed by atoms with Crippen LogP contribution in [-0.2, 0) is 15.8 Å². The van der Waals surface area contributed by atoms with Crippen molar-refractivity contribution < 1.29 is 27.9 Å². The van der Waals surface area contributed by atoms with Crippen molar-refractivity contribution in [1.82, 2.24) is 5.32 Å². The third-order valence-corrected chi connectivity index (χ3v) is 3.52. The Labute approximate surface area is 119 Å². The van der Waals surface area contributed by atoms with Crippen LogP contribution in [0.1, 0.15) is 30.4 Å². The second-order valence-corrected chi connectivity index (χ2v) is 5.10. The molecule has 7 heteroatoms. The van der Waals surface area contributed by atoms with Crippen molar-refractivity contribution in [3.05, 3.63) is 35.4 Å². The molecule has 0 heterocycles. The molecule has 1 fully saturated rings. The molecule has 3 atom stereocenters. The Morgan fingerprint density at radius 2 is 1.95 bits per heavy atom. The molecule has 1 amide bonds. The van der Waals surface area contributed by atoms with Gasteiger partial charge in [0, 0.05) is 5.92 Å². The van der Waals surface area contributed by atoms with E-state index in [1.807, 2.05) is 0 Å². The van der Waals surface area contributed by atoms with Crippen LogP contribution in [0.4, 0.5) is 13.2 Å². The van der Waals surface area contributed by atoms with Gasteiger partial charge in [-0.25, -0.2) is 0 Å². The second-order valence-electron chi connectivity index (χ2n) is 5.10. The summed E-state index contributed by atoms with van der Waals surface area (Å²) in [5, 5.41) is 11.0. The standard InChI is InChI=1S/C14H14F3NO3/c1-7(13(20)21)18-12(19)10-6-9(10)8-4-2-3-5-11(8)14(15,16)17/h2-5,7,9-10H,6H2,1H3,(H,18,19)(H,20,21)/t7-,9?,10?/m0/s1. The summed E-state index contributed by atoms with van der Waals surface area (Å²) < 4.78 is 38.7. The second kappa shape index (κ2) is 5.38. The number of rotatable bonds is 4. The lowest BCUT2D eigenvalue weighted by Gasteiger charge is -2.13. The summed E-state index contributed by atoms with van der Waals surface area (Å²) in [4.78, 5) is 22.5. The molecule has 1 aliphatic carbocycles. The van der Waals surface area contributed by atoms with Crippen molar-refractivity contribution in [2.24, 2.45) is 5.92 Å². The quantitative estimate of drug-likeness (QED) is 0.897. The third-order valence-electron chi connectivity index (χ3n) is 3.52. The van der Waals surface area contributed by atoms with Gasteiger partial charge in [-0.1, -0.05) is 18.2 Å². The fourth-order valence-electron chi connectivity index (χ4n) is 2.29. The van der Waals surface area contributed by atoms with Crippen molar-refractivity contribution in [2.45, 2.75) is 31.5 Å². The van der Waals surface area contributed by atoms with E-state index in [9.17, 15) is 22.8 Å². The first-order chi connectivity index (χ1) is 9.71. The summed E-state index contributed by atoms with van der Waals surface area (Å²) in [5.41, 5.74) is -0.648. The van der Waals surface area contributed by atoms with Gasteiger partial charge in [-0.3, -0.25) is 9.59 Å². The highest BCUT2D eigenvalue weighted by Gasteiger charge is 2.48. The first-order valence-corrected chi connectivity index (χ1v) is 6.41. The molecular formula is C14H14F3NO3. The first kappa shape index (κ1) is 15.3. The minimum atomic E-state index is -4.46. The largest absolute Gasteiger partial charge is 0.480 e. The zero-order chi connectivity index (χ0) is 15.8. The Kier molecular flexibility index (Phi) is 3.93. The maximum absolute atomic E-state index is 12.9. The van der Waals surface area contributed by atoms with Gasteiger partial charge >= 0.3 is 12.1 Å². The first-order valence-electron chi connectivity index (χ1n) is 6.41. The monoisotopic (exact) mass is 301 g/mol. The molecule has 1 aromatic rings. The van der Waals surface area contributed by atoms with Gasteiger partial charge in [-0.05, 0) is 30.9 Å². The average molecular weight is 301 g/mol. The molecule has 1 aromatic carbocycles. The molecule has 2 N–H and O–H groups in total. The SMILES string of the molecule is C[C@H](NC(=O)C1CC1c1ccccc1C(F)(F)F)C(=O)O. The summed E-state index contributed by atoms with van der Waals surface area (Å²) >= 11 is 0. The predicted molar refractivity (Wildman–Crippen MR) is 67.5 cm³/mol. The zero-order valence-corrected chi connectivity index (χ0v) is 11.1. The number of carbonyl (C=O) groups is 2. The Morgan fingerprint density at radius 3 is 2.52 bits per heavy atom. The topological polar surface area (TPSA) is 66.4 Å². The van der Waals surface area contributed by atoms with Crippen LogP contribution in [-0.4, -0.2) is 23.0 Å². The minimum Gasteiger partial charge on any atom is -0.480 e. The molecule has 4 nitrogen and oxygen atoms in total. The number of benzene rings is 1. The molecule has 1 aliphatic rings. The van der Waals surface area contributed by atoms with Crippen LogP contribution in [0.15, 0.2) is 24.3 Å². The van der Waals surface area contributed by atoms with E-state index < -0.39 is 41.5 Å². The van der Waals surface area contributed by atoms with E-state index in [2.05, 4.69) is 5.32 Å². The van der Waals surface area contributed by atoms with Gasteiger partial charge in [0.25, 0.3) is 0 Å². The van der Waals surface area contributed by atoms with Crippen LogP contribution < -0.4 is 5.32 Å². The average Bonchev–Trinajstić information content (AvgIpc) is 3.17. The molecular weight excluding hydrogens is 287 g/mol. The maximum Gasteiger partial charge on any atom is 0.416 e. The lowest BCUT2D eigenvalue weighted by Crippen LogP contribution is -2.39. The van der Waals surface area contributed by atoms with Crippen LogP contribution in [0.2, 0.25) is 0 Å². The molecule has 0 aromatic heterocycles. The van der Waals surface area contributed by atoms with Crippen molar-refractivity contribution in [1.29, 1.82) is 0 Å². The molecule has 1 saturated carbocycles. The van der Waals surface area contributed by atoms with Gasteiger partial charge in [0.05, 0.1) is 5.56 Å². The smallest absolute Gasteiger partial charge is 0.416 e. The minimum absolute atomic E-state index is 0.0909. The normalized spacial score (nSPS) is 22.5. The van der Waals surface area contributed by atoms with Crippen molar-refractivity contribution in [3.63, 3.8) is 0 Å². The Balaban J connectivity index is 2.11. The number of hydrogen-bond donors (Lipinski definition) is 2. The van der Waals surface area contributed by atoms with Crippen LogP contribution in [0.25, 0.3) is 0 Å². The number of carbonyl (C=O) groups excluding carboxylic acids is 1. The van der Waals surface area contributed by atoms with Gasteiger partial charge in [-0.15, -0.1) is 0 Å². The molecule has 0 radical (unpaired) electrons. The lowest BCUT2D eigenvalue weighted by atomic mass is 10.0. The summed E-state index contributed by atoms with van der Waals surface area (Å²) in [6.45, 7) is 1.31. The molecule has 0 saturated heterocycles. The summed E-state index contributed by atoms with van der Waals surface area (Å²) in [7, 11) is 0. The van der Waals surface area contributed by atoms with Crippen LogP contribution in [0.3, 0.4) is 0 Å². The number of halogens is 3. The number of carboxylic acids is 1. The van der Waals surface area contributed by atoms with Crippen molar-refractivity contribution in [3.8, 4) is 0 Å². The van der Waals surface area contributed by atoms with E-state index in [-0.39, 0.29) is 5.56 Å². The van der Waals surface area contributed by atoms with Gasteiger partial charge in [0.2, 0.25) is 5.91 Å². The van der Waals surface area contributed by atoms with E-state index in [4.69, 9.17) is 5.11 Å². The number of aliphatic carboxylic acids is 1. The summed E-state index contributed by atoms with van der Waals surface area (Å²) in [6, 6.07) is 4.09. The number of amides is 1. The third kappa shape index (κ3) is 3.34. The fraction of sp³-hybridized carbons (Fsp3) is 0.429. The van der Waals surface area contributed by atoms with Crippen molar-refractivity contribution in [2.75, 3.05) is 0 Å². The molecule has 0 bridgehead atoms. The highest BCUT2D eigenvalue weighted by Crippen LogP contribution is 2.51. The highest BCUT2D eigenvalue weighted by atomic mass is 19.4. The molecule has 114 valence electrons. The van der Waals surface area contributed by atoms with Crippen LogP contribution >= 0.6 is 0 Å².